The molecule has 0 rings (SSSR count). The molecule has 0 aromatic carbocycles. The Morgan fingerprint density at radius 2 is 2.33 bits per heavy atom. The molecule has 0 bridgehead atoms. The van der Waals surface area contributed by atoms with Crippen LogP contribution in [0.2, 0.25) is 0 Å². The van der Waals surface area contributed by atoms with Gasteiger partial charge in [-0.3, -0.25) is 0 Å². The number of hydrogen-bond acceptors (Lipinski definition) is 0. The molecule has 0 saturated carbocycles. The molecule has 0 aromatic heterocycles. The van der Waals surface area contributed by atoms with Crippen LogP contribution in [0.1, 0.15) is 13.8 Å². The third-order valence-electron chi connectivity index (χ3n) is 0.594. The van der Waals surface area contributed by atoms with Crippen molar-refractivity contribution >= 4 is 0 Å². The number of rotatable bonds is 0. The molecular weight excluding hydrogens is 74.1 g/mol. The van der Waals surface area contributed by atoms with Gasteiger partial charge in [-0.1, -0.05) is 13.0 Å². The second kappa shape index (κ2) is 2.47. The molecule has 6 heavy (non-hydrogen) atoms. The van der Waals surface area contributed by atoms with E-state index in [2.05, 4.69) is 4.85 Å². The van der Waals surface area contributed by atoms with Gasteiger partial charge in [0.15, 0.2) is 5.70 Å². The van der Waals surface area contributed by atoms with Crippen molar-refractivity contribution in [3.05, 3.63) is 23.2 Å². The molecule has 0 amide bonds. The molecule has 1 heteroatoms. The Morgan fingerprint density at radius 1 is 1.83 bits per heavy atom. The summed E-state index contributed by atoms with van der Waals surface area (Å²) in [7, 11) is 0. The van der Waals surface area contributed by atoms with E-state index in [9.17, 15) is 0 Å². The van der Waals surface area contributed by atoms with E-state index < -0.39 is 0 Å². The third-order valence-corrected chi connectivity index (χ3v) is 0.594. The highest BCUT2D eigenvalue weighted by molar-refractivity contribution is 5.03. The lowest BCUT2D eigenvalue weighted by Gasteiger charge is -1.71. The van der Waals surface area contributed by atoms with Crippen molar-refractivity contribution in [2.75, 3.05) is 0 Å². The van der Waals surface area contributed by atoms with Crippen LogP contribution in [0.3, 0.4) is 0 Å². The van der Waals surface area contributed by atoms with Crippen molar-refractivity contribution in [1.82, 2.24) is 0 Å². The average Bonchev–Trinajstić information content (AvgIpc) is 1.65. The van der Waals surface area contributed by atoms with Gasteiger partial charge in [0, 0.05) is 0 Å². The minimum absolute atomic E-state index is 0.759. The second-order valence-corrected chi connectivity index (χ2v) is 1.04. The molecule has 0 saturated heterocycles. The van der Waals surface area contributed by atoms with Crippen molar-refractivity contribution in [3.63, 3.8) is 0 Å². The van der Waals surface area contributed by atoms with Gasteiger partial charge in [-0.05, 0) is 6.92 Å². The van der Waals surface area contributed by atoms with Gasteiger partial charge in [0.25, 0.3) is 0 Å². The van der Waals surface area contributed by atoms with Crippen LogP contribution in [-0.2, 0) is 0 Å². The summed E-state index contributed by atoms with van der Waals surface area (Å²) in [6.07, 6.45) is 1.78. The second-order valence-electron chi connectivity index (χ2n) is 1.04. The SMILES string of the molecule is [C-]#[N+]C(C)=CC. The highest BCUT2D eigenvalue weighted by atomic mass is 14.6. The van der Waals surface area contributed by atoms with Gasteiger partial charge in [0.2, 0.25) is 0 Å². The Bertz CT molecular complexity index is 95.0. The topological polar surface area (TPSA) is 4.36 Å². The summed E-state index contributed by atoms with van der Waals surface area (Å²) in [6, 6.07) is 0. The molecule has 0 aliphatic carbocycles. The van der Waals surface area contributed by atoms with Crippen LogP contribution in [0, 0.1) is 6.57 Å². The van der Waals surface area contributed by atoms with Crippen molar-refractivity contribution in [2.45, 2.75) is 13.8 Å². The molecule has 0 N–H and O–H groups in total. The standard InChI is InChI=1S/C5H7N/c1-4-5(2)6-3/h4H,1-2H3. The molecule has 32 valence electrons. The molecule has 0 aliphatic rings. The van der Waals surface area contributed by atoms with Crippen LogP contribution >= 0.6 is 0 Å². The molecule has 1 nitrogen and oxygen atoms in total. The zero-order chi connectivity index (χ0) is 4.99. The van der Waals surface area contributed by atoms with E-state index in [1.54, 1.807) is 13.0 Å². The summed E-state index contributed by atoms with van der Waals surface area (Å²) in [5.41, 5.74) is 0.759. The Kier molecular flexibility index (Phi) is 2.15. The molecular formula is C5H7N. The molecule has 0 radical (unpaired) electrons. The smallest absolute Gasteiger partial charge is 0.158 e. The fourth-order valence-electron chi connectivity index (χ4n) is 0.0645. The Morgan fingerprint density at radius 3 is 2.33 bits per heavy atom. The van der Waals surface area contributed by atoms with Gasteiger partial charge in [-0.25, -0.2) is 4.85 Å². The molecule has 0 heterocycles. The quantitative estimate of drug-likeness (QED) is 0.392. The van der Waals surface area contributed by atoms with Crippen LogP contribution < -0.4 is 0 Å². The van der Waals surface area contributed by atoms with E-state index in [4.69, 9.17) is 6.57 Å². The maximum absolute atomic E-state index is 6.37. The van der Waals surface area contributed by atoms with E-state index in [0.29, 0.717) is 0 Å². The summed E-state index contributed by atoms with van der Waals surface area (Å²) in [6.45, 7) is 10.0. The maximum Gasteiger partial charge on any atom is 0.158 e. The molecule has 0 aliphatic heterocycles. The first kappa shape index (κ1) is 5.23. The lowest BCUT2D eigenvalue weighted by atomic mass is 10.5. The van der Waals surface area contributed by atoms with Crippen LogP contribution in [0.5, 0.6) is 0 Å². The molecule has 0 atom stereocenters. The highest BCUT2D eigenvalue weighted by Gasteiger charge is 1.71. The monoisotopic (exact) mass is 81.1 g/mol. The van der Waals surface area contributed by atoms with E-state index >= 15 is 0 Å². The lowest BCUT2D eigenvalue weighted by Crippen LogP contribution is -1.53. The summed E-state index contributed by atoms with van der Waals surface area (Å²) < 4.78 is 0. The van der Waals surface area contributed by atoms with Gasteiger partial charge in [0.05, 0.1) is 6.57 Å². The Labute approximate surface area is 38.1 Å². The highest BCUT2D eigenvalue weighted by Crippen LogP contribution is 1.88. The minimum Gasteiger partial charge on any atom is -0.243 e. The minimum atomic E-state index is 0.759. The van der Waals surface area contributed by atoms with E-state index in [1.165, 1.54) is 0 Å². The normalized spacial score (nSPS) is 10.5. The lowest BCUT2D eigenvalue weighted by molar-refractivity contribution is 1.48. The molecule has 0 fully saturated rings. The number of hydrogen-bond donors (Lipinski definition) is 0. The van der Waals surface area contributed by atoms with Gasteiger partial charge in [-0.15, -0.1) is 0 Å². The van der Waals surface area contributed by atoms with Gasteiger partial charge >= 0.3 is 0 Å². The van der Waals surface area contributed by atoms with Crippen LogP contribution in [0.4, 0.5) is 0 Å². The van der Waals surface area contributed by atoms with Gasteiger partial charge < -0.3 is 0 Å². The fraction of sp³-hybridized carbons (Fsp3) is 0.400. The molecule has 0 aromatic rings. The van der Waals surface area contributed by atoms with Crippen molar-refractivity contribution < 1.29 is 0 Å². The van der Waals surface area contributed by atoms with Crippen molar-refractivity contribution in [2.24, 2.45) is 0 Å². The first-order valence-electron chi connectivity index (χ1n) is 1.81. The Hall–Kier alpha value is -0.770. The average molecular weight is 81.1 g/mol. The molecule has 0 spiro atoms. The van der Waals surface area contributed by atoms with Crippen molar-refractivity contribution in [1.29, 1.82) is 0 Å². The first-order chi connectivity index (χ1) is 2.81. The molecule has 0 unspecified atom stereocenters. The zero-order valence-corrected chi connectivity index (χ0v) is 4.02. The predicted octanol–water partition coefficient (Wildman–Crippen LogP) is 1.83. The Balaban J connectivity index is 3.61. The fourth-order valence-corrected chi connectivity index (χ4v) is 0.0645. The maximum atomic E-state index is 6.37. The van der Waals surface area contributed by atoms with Gasteiger partial charge in [0.1, 0.15) is 0 Å². The van der Waals surface area contributed by atoms with E-state index in [-0.39, 0.29) is 0 Å². The predicted molar refractivity (Wildman–Crippen MR) is 26.0 cm³/mol. The summed E-state index contributed by atoms with van der Waals surface area (Å²) in [4.78, 5) is 3.12. The van der Waals surface area contributed by atoms with Crippen LogP contribution in [0.15, 0.2) is 11.8 Å². The summed E-state index contributed by atoms with van der Waals surface area (Å²) >= 11 is 0. The largest absolute Gasteiger partial charge is 0.243 e. The summed E-state index contributed by atoms with van der Waals surface area (Å²) in [5.74, 6) is 0. The van der Waals surface area contributed by atoms with Crippen molar-refractivity contribution in [3.8, 4) is 0 Å². The van der Waals surface area contributed by atoms with Crippen LogP contribution in [0.25, 0.3) is 4.85 Å². The summed E-state index contributed by atoms with van der Waals surface area (Å²) in [5, 5.41) is 0. The van der Waals surface area contributed by atoms with Crippen LogP contribution in [-0.4, -0.2) is 0 Å². The first-order valence-corrected chi connectivity index (χ1v) is 1.81. The number of nitrogens with zero attached hydrogens (tertiary/aromatic N) is 1. The van der Waals surface area contributed by atoms with Gasteiger partial charge in [-0.2, -0.15) is 0 Å². The zero-order valence-electron chi connectivity index (χ0n) is 4.02. The third kappa shape index (κ3) is 1.54. The van der Waals surface area contributed by atoms with E-state index in [0.717, 1.165) is 5.70 Å². The number of allylic oxidation sites excluding steroid dienone is 2. The van der Waals surface area contributed by atoms with E-state index in [1.807, 2.05) is 6.92 Å².